The van der Waals surface area contributed by atoms with Crippen molar-refractivity contribution in [2.45, 2.75) is 384 Å². The standard InChI is InChI=1S/C69H131NO10/c1-3-5-7-9-11-13-36-41-45-49-53-57-65(74)78-58-54-50-46-42-38-35-33-31-29-27-25-23-21-19-17-15-16-18-20-22-24-26-28-30-32-34-37-40-44-48-52-56-64(73)70-61(60-79-69-68(77)67(76)66(75)63(59-71)80-69)62(72)55-51-47-43-39-14-12-10-8-6-4-2/h17,19,51,55,61-63,66-69,71-72,75-77H,3-16,18,20-50,52-54,56-60H2,1-2H3,(H,70,73)/b19-17-,55-51+. The molecule has 0 spiro atoms. The zero-order chi connectivity index (χ0) is 58.0. The van der Waals surface area contributed by atoms with Gasteiger partial charge in [-0.25, -0.2) is 0 Å². The number of allylic oxidation sites excluding steroid dienone is 3. The summed E-state index contributed by atoms with van der Waals surface area (Å²) in [6, 6.07) is -0.807. The molecule has 1 saturated heterocycles. The molecule has 0 aromatic heterocycles. The van der Waals surface area contributed by atoms with Crippen molar-refractivity contribution in [1.82, 2.24) is 5.32 Å². The van der Waals surface area contributed by atoms with E-state index in [4.69, 9.17) is 14.2 Å². The highest BCUT2D eigenvalue weighted by atomic mass is 16.7. The summed E-state index contributed by atoms with van der Waals surface area (Å²) < 4.78 is 16.7. The summed E-state index contributed by atoms with van der Waals surface area (Å²) in [5, 5.41) is 54.3. The molecule has 80 heavy (non-hydrogen) atoms. The van der Waals surface area contributed by atoms with E-state index in [9.17, 15) is 35.1 Å². The van der Waals surface area contributed by atoms with Crippen LogP contribution in [0, 0.1) is 0 Å². The predicted octanol–water partition coefficient (Wildman–Crippen LogP) is 17.2. The summed E-state index contributed by atoms with van der Waals surface area (Å²) in [5.74, 6) is -0.170. The van der Waals surface area contributed by atoms with Gasteiger partial charge in [-0.1, -0.05) is 295 Å². The van der Waals surface area contributed by atoms with Crippen LogP contribution in [0.1, 0.15) is 341 Å². The number of hydrogen-bond acceptors (Lipinski definition) is 10. The Morgan fingerprint density at radius 3 is 1.20 bits per heavy atom. The van der Waals surface area contributed by atoms with Gasteiger partial charge in [0.1, 0.15) is 24.4 Å². The number of aliphatic hydroxyl groups is 5. The van der Waals surface area contributed by atoms with E-state index in [1.54, 1.807) is 6.08 Å². The lowest BCUT2D eigenvalue weighted by atomic mass is 9.99. The minimum absolute atomic E-state index is 0.00979. The molecule has 0 aliphatic carbocycles. The zero-order valence-electron chi connectivity index (χ0n) is 52.3. The molecule has 1 aliphatic heterocycles. The van der Waals surface area contributed by atoms with E-state index in [-0.39, 0.29) is 18.5 Å². The average molecular weight is 1130 g/mol. The Hall–Kier alpha value is -1.86. The van der Waals surface area contributed by atoms with E-state index < -0.39 is 49.5 Å². The van der Waals surface area contributed by atoms with Gasteiger partial charge in [0.05, 0.1) is 32.0 Å². The lowest BCUT2D eigenvalue weighted by Crippen LogP contribution is -2.60. The van der Waals surface area contributed by atoms with Crippen LogP contribution in [0.15, 0.2) is 24.3 Å². The van der Waals surface area contributed by atoms with Crippen LogP contribution in [0.4, 0.5) is 0 Å². The van der Waals surface area contributed by atoms with E-state index in [1.165, 1.54) is 263 Å². The SMILES string of the molecule is CCCCCCCCCC/C=C/C(O)C(COC1OC(CO)C(O)C(O)C1O)NC(=O)CCCCCCCCCCCCCCCCC/C=C\CCCCCCCCCCCCCCOC(=O)CCCCCCCCCCCCC. The lowest BCUT2D eigenvalue weighted by Gasteiger charge is -2.40. The first-order chi connectivity index (χ1) is 39.2. The van der Waals surface area contributed by atoms with Crippen molar-refractivity contribution in [3.05, 3.63) is 24.3 Å². The monoisotopic (exact) mass is 1130 g/mol. The molecule has 11 nitrogen and oxygen atoms in total. The van der Waals surface area contributed by atoms with Gasteiger partial charge in [0.15, 0.2) is 6.29 Å². The van der Waals surface area contributed by atoms with Crippen LogP contribution < -0.4 is 5.32 Å². The Kier molecular flexibility index (Phi) is 56.1. The van der Waals surface area contributed by atoms with Crippen LogP contribution in [0.25, 0.3) is 0 Å². The molecule has 1 fully saturated rings. The number of rotatable bonds is 61. The molecule has 6 N–H and O–H groups in total. The quantitative estimate of drug-likeness (QED) is 0.0195. The van der Waals surface area contributed by atoms with E-state index in [2.05, 4.69) is 31.3 Å². The Morgan fingerprint density at radius 1 is 0.450 bits per heavy atom. The second kappa shape index (κ2) is 58.9. The molecule has 11 heteroatoms. The van der Waals surface area contributed by atoms with Crippen molar-refractivity contribution in [3.8, 4) is 0 Å². The van der Waals surface area contributed by atoms with Crippen LogP contribution in [-0.2, 0) is 23.8 Å². The third-order valence-electron chi connectivity index (χ3n) is 16.6. The Bertz CT molecular complexity index is 1380. The molecule has 7 atom stereocenters. The summed E-state index contributed by atoms with van der Waals surface area (Å²) in [6.45, 7) is 4.35. The molecule has 472 valence electrons. The summed E-state index contributed by atoms with van der Waals surface area (Å²) in [7, 11) is 0. The number of amides is 1. The highest BCUT2D eigenvalue weighted by Gasteiger charge is 2.44. The molecule has 0 saturated carbocycles. The summed E-state index contributed by atoms with van der Waals surface area (Å²) in [4.78, 5) is 25.0. The Balaban J connectivity index is 1.94. The molecule has 7 unspecified atom stereocenters. The first-order valence-electron chi connectivity index (χ1n) is 34.6. The van der Waals surface area contributed by atoms with E-state index >= 15 is 0 Å². The number of carbonyl (C=O) groups excluding carboxylic acids is 2. The Morgan fingerprint density at radius 2 is 0.800 bits per heavy atom. The van der Waals surface area contributed by atoms with Crippen molar-refractivity contribution < 1.29 is 49.3 Å². The molecule has 0 aromatic rings. The topological polar surface area (TPSA) is 175 Å². The second-order valence-corrected chi connectivity index (χ2v) is 24.2. The largest absolute Gasteiger partial charge is 0.466 e. The van der Waals surface area contributed by atoms with E-state index in [0.29, 0.717) is 19.4 Å². The second-order valence-electron chi connectivity index (χ2n) is 24.2. The van der Waals surface area contributed by atoms with Gasteiger partial charge < -0.3 is 45.1 Å². The fourth-order valence-electron chi connectivity index (χ4n) is 11.1. The van der Waals surface area contributed by atoms with Gasteiger partial charge in [0, 0.05) is 12.8 Å². The normalized spacial score (nSPS) is 18.4. The molecule has 0 aromatic carbocycles. The number of nitrogens with one attached hydrogen (secondary N) is 1. The summed E-state index contributed by atoms with van der Waals surface area (Å²) >= 11 is 0. The fourth-order valence-corrected chi connectivity index (χ4v) is 11.1. The first kappa shape index (κ1) is 76.2. The summed E-state index contributed by atoms with van der Waals surface area (Å²) in [5.41, 5.74) is 0. The van der Waals surface area contributed by atoms with Crippen molar-refractivity contribution in [2.75, 3.05) is 19.8 Å². The molecule has 1 rings (SSSR count). The van der Waals surface area contributed by atoms with Crippen molar-refractivity contribution in [3.63, 3.8) is 0 Å². The maximum atomic E-state index is 13.0. The van der Waals surface area contributed by atoms with Gasteiger partial charge in [-0.3, -0.25) is 9.59 Å². The predicted molar refractivity (Wildman–Crippen MR) is 334 cm³/mol. The van der Waals surface area contributed by atoms with Crippen LogP contribution in [0.3, 0.4) is 0 Å². The zero-order valence-corrected chi connectivity index (χ0v) is 52.3. The number of esters is 1. The molecular formula is C69H131NO10. The Labute approximate surface area is 492 Å². The van der Waals surface area contributed by atoms with Gasteiger partial charge in [0.2, 0.25) is 5.91 Å². The molecule has 1 heterocycles. The fraction of sp³-hybridized carbons (Fsp3) is 0.913. The van der Waals surface area contributed by atoms with Crippen LogP contribution in [-0.4, -0.2) is 100 Å². The highest BCUT2D eigenvalue weighted by molar-refractivity contribution is 5.76. The van der Waals surface area contributed by atoms with Gasteiger partial charge in [-0.05, 0) is 57.8 Å². The van der Waals surface area contributed by atoms with Crippen LogP contribution in [0.2, 0.25) is 0 Å². The van der Waals surface area contributed by atoms with Crippen molar-refractivity contribution in [2.24, 2.45) is 0 Å². The van der Waals surface area contributed by atoms with Gasteiger partial charge in [0.25, 0.3) is 0 Å². The van der Waals surface area contributed by atoms with E-state index in [1.807, 2.05) is 6.08 Å². The molecule has 1 amide bonds. The first-order valence-corrected chi connectivity index (χ1v) is 34.6. The third kappa shape index (κ3) is 47.5. The molecule has 0 bridgehead atoms. The minimum atomic E-state index is -1.57. The van der Waals surface area contributed by atoms with Gasteiger partial charge >= 0.3 is 5.97 Å². The highest BCUT2D eigenvalue weighted by Crippen LogP contribution is 2.23. The van der Waals surface area contributed by atoms with Crippen molar-refractivity contribution >= 4 is 11.9 Å². The number of aliphatic hydroxyl groups excluding tert-OH is 5. The maximum absolute atomic E-state index is 13.0. The number of carbonyl (C=O) groups is 2. The smallest absolute Gasteiger partial charge is 0.305 e. The van der Waals surface area contributed by atoms with Crippen LogP contribution >= 0.6 is 0 Å². The maximum Gasteiger partial charge on any atom is 0.305 e. The molecular weight excluding hydrogens is 1000 g/mol. The number of hydrogen-bond donors (Lipinski definition) is 6. The lowest BCUT2D eigenvalue weighted by molar-refractivity contribution is -0.302. The third-order valence-corrected chi connectivity index (χ3v) is 16.6. The summed E-state index contributed by atoms with van der Waals surface area (Å²) in [6.07, 6.45) is 63.2. The van der Waals surface area contributed by atoms with Crippen molar-refractivity contribution in [1.29, 1.82) is 0 Å². The average Bonchev–Trinajstić information content (AvgIpc) is 3.47. The minimum Gasteiger partial charge on any atom is -0.466 e. The van der Waals surface area contributed by atoms with E-state index in [0.717, 1.165) is 51.4 Å². The van der Waals surface area contributed by atoms with Crippen LogP contribution in [0.5, 0.6) is 0 Å². The number of ether oxygens (including phenoxy) is 3. The molecule has 0 radical (unpaired) electrons. The number of unbranched alkanes of at least 4 members (excludes halogenated alkanes) is 45. The van der Waals surface area contributed by atoms with Gasteiger partial charge in [-0.2, -0.15) is 0 Å². The van der Waals surface area contributed by atoms with Gasteiger partial charge in [-0.15, -0.1) is 0 Å². The molecule has 1 aliphatic rings.